The van der Waals surface area contributed by atoms with Gasteiger partial charge in [-0.2, -0.15) is 13.2 Å². The molecule has 1 saturated heterocycles. The van der Waals surface area contributed by atoms with E-state index in [0.717, 1.165) is 39.9 Å². The topological polar surface area (TPSA) is 60.9 Å². The number of nitrogens with zero attached hydrogens (tertiary/aromatic N) is 3. The van der Waals surface area contributed by atoms with Gasteiger partial charge in [-0.05, 0) is 53.9 Å². The Kier molecular flexibility index (Phi) is 7.04. The number of anilines is 2. The second-order valence-electron chi connectivity index (χ2n) is 7.84. The molecule has 35 heavy (non-hydrogen) atoms. The molecular weight excluding hydrogens is 506 g/mol. The van der Waals surface area contributed by atoms with Gasteiger partial charge in [-0.25, -0.2) is 12.8 Å². The summed E-state index contributed by atoms with van der Waals surface area (Å²) >= 11 is 1.00. The first kappa shape index (κ1) is 25.0. The van der Waals surface area contributed by atoms with Gasteiger partial charge in [-0.15, -0.1) is 11.3 Å². The minimum absolute atomic E-state index is 0.0454. The summed E-state index contributed by atoms with van der Waals surface area (Å²) in [6.45, 7) is 0.523. The summed E-state index contributed by atoms with van der Waals surface area (Å²) in [6, 6.07) is 12.8. The van der Waals surface area contributed by atoms with Crippen LogP contribution in [0.25, 0.3) is 0 Å². The quantitative estimate of drug-likeness (QED) is 0.445. The summed E-state index contributed by atoms with van der Waals surface area (Å²) in [5.74, 6) is -1.00. The summed E-state index contributed by atoms with van der Waals surface area (Å²) in [4.78, 5) is 16.3. The van der Waals surface area contributed by atoms with E-state index >= 15 is 0 Å². The molecule has 1 aromatic heterocycles. The van der Waals surface area contributed by atoms with Crippen LogP contribution in [0.2, 0.25) is 0 Å². The number of hydrogen-bond donors (Lipinski definition) is 0. The first-order valence-corrected chi connectivity index (χ1v) is 12.9. The Labute approximate surface area is 204 Å². The van der Waals surface area contributed by atoms with Crippen molar-refractivity contribution >= 4 is 38.6 Å². The van der Waals surface area contributed by atoms with E-state index in [9.17, 15) is 30.8 Å². The number of rotatable bonds is 6. The first-order chi connectivity index (χ1) is 16.6. The maximum atomic E-state index is 13.4. The van der Waals surface area contributed by atoms with E-state index in [1.165, 1.54) is 29.2 Å². The predicted molar refractivity (Wildman–Crippen MR) is 125 cm³/mol. The van der Waals surface area contributed by atoms with Crippen molar-refractivity contribution < 1.29 is 30.8 Å². The maximum Gasteiger partial charge on any atom is 0.416 e. The average Bonchev–Trinajstić information content (AvgIpc) is 3.39. The molecule has 0 saturated carbocycles. The highest BCUT2D eigenvalue weighted by Gasteiger charge is 2.33. The molecule has 12 heteroatoms. The standard InChI is InChI=1S/C23H21F4N3O3S2/c24-18-6-8-19(9-7-18)30(35(32,33)22-5-2-14-34-22)16-21(31)29-12-10-28(11-13-29)20-4-1-3-17(15-20)23(25,26)27/h1-9,14-15H,10-13,16H2. The van der Waals surface area contributed by atoms with E-state index < -0.39 is 40.0 Å². The highest BCUT2D eigenvalue weighted by atomic mass is 32.2. The Hall–Kier alpha value is -3.12. The second-order valence-corrected chi connectivity index (χ2v) is 10.9. The minimum Gasteiger partial charge on any atom is -0.368 e. The third-order valence-corrected chi connectivity index (χ3v) is 8.75. The molecule has 0 N–H and O–H groups in total. The molecule has 186 valence electrons. The van der Waals surface area contributed by atoms with Gasteiger partial charge in [-0.3, -0.25) is 9.10 Å². The largest absolute Gasteiger partial charge is 0.416 e. The fourth-order valence-electron chi connectivity index (χ4n) is 3.76. The molecule has 0 radical (unpaired) electrons. The van der Waals surface area contributed by atoms with Crippen molar-refractivity contribution in [3.05, 3.63) is 77.4 Å². The van der Waals surface area contributed by atoms with Crippen LogP contribution in [0, 0.1) is 5.82 Å². The fraction of sp³-hybridized carbons (Fsp3) is 0.261. The molecule has 2 heterocycles. The van der Waals surface area contributed by atoms with Gasteiger partial charge in [0.15, 0.2) is 0 Å². The normalized spacial score (nSPS) is 14.7. The molecule has 0 unspecified atom stereocenters. The number of carbonyl (C=O) groups is 1. The van der Waals surface area contributed by atoms with E-state index in [4.69, 9.17) is 0 Å². The van der Waals surface area contributed by atoms with Crippen molar-refractivity contribution in [3.63, 3.8) is 0 Å². The summed E-state index contributed by atoms with van der Waals surface area (Å²) in [5, 5.41) is 1.60. The monoisotopic (exact) mass is 527 g/mol. The van der Waals surface area contributed by atoms with E-state index in [1.54, 1.807) is 22.4 Å². The molecule has 0 aliphatic carbocycles. The summed E-state index contributed by atoms with van der Waals surface area (Å²) in [5.41, 5.74) is -0.196. The third kappa shape index (κ3) is 5.59. The lowest BCUT2D eigenvalue weighted by atomic mass is 10.1. The fourth-order valence-corrected chi connectivity index (χ4v) is 6.28. The van der Waals surface area contributed by atoms with E-state index in [2.05, 4.69) is 0 Å². The van der Waals surface area contributed by atoms with Crippen LogP contribution in [0.4, 0.5) is 28.9 Å². The van der Waals surface area contributed by atoms with E-state index in [0.29, 0.717) is 18.8 Å². The van der Waals surface area contributed by atoms with Gasteiger partial charge >= 0.3 is 6.18 Å². The number of hydrogen-bond acceptors (Lipinski definition) is 5. The minimum atomic E-state index is -4.45. The number of halogens is 4. The van der Waals surface area contributed by atoms with Gasteiger partial charge in [-0.1, -0.05) is 12.1 Å². The lowest BCUT2D eigenvalue weighted by molar-refractivity contribution is -0.137. The number of carbonyl (C=O) groups excluding carboxylic acids is 1. The first-order valence-electron chi connectivity index (χ1n) is 10.6. The lowest BCUT2D eigenvalue weighted by Crippen LogP contribution is -2.52. The molecule has 1 aliphatic rings. The van der Waals surface area contributed by atoms with Crippen LogP contribution in [0.3, 0.4) is 0 Å². The van der Waals surface area contributed by atoms with Crippen molar-refractivity contribution in [2.75, 3.05) is 41.9 Å². The Bertz CT molecular complexity index is 1270. The summed E-state index contributed by atoms with van der Waals surface area (Å²) < 4.78 is 80.0. The number of alkyl halides is 3. The zero-order valence-electron chi connectivity index (χ0n) is 18.3. The van der Waals surface area contributed by atoms with Crippen LogP contribution in [0.5, 0.6) is 0 Å². The van der Waals surface area contributed by atoms with Crippen molar-refractivity contribution in [3.8, 4) is 0 Å². The van der Waals surface area contributed by atoms with Gasteiger partial charge in [0.2, 0.25) is 5.91 Å². The Morgan fingerprint density at radius 3 is 2.26 bits per heavy atom. The molecule has 1 aliphatic heterocycles. The van der Waals surface area contributed by atoms with Crippen molar-refractivity contribution in [1.82, 2.24) is 4.90 Å². The van der Waals surface area contributed by atoms with Gasteiger partial charge in [0, 0.05) is 31.9 Å². The Morgan fingerprint density at radius 2 is 1.66 bits per heavy atom. The molecule has 4 rings (SSSR count). The predicted octanol–water partition coefficient (Wildman–Crippen LogP) is 4.45. The molecule has 0 atom stereocenters. The summed E-state index contributed by atoms with van der Waals surface area (Å²) in [7, 11) is -4.06. The molecule has 3 aromatic rings. The molecular formula is C23H21F4N3O3S2. The van der Waals surface area contributed by atoms with Gasteiger partial charge in [0.25, 0.3) is 10.0 Å². The Morgan fingerprint density at radius 1 is 0.971 bits per heavy atom. The zero-order chi connectivity index (χ0) is 25.2. The highest BCUT2D eigenvalue weighted by molar-refractivity contribution is 7.94. The molecule has 2 aromatic carbocycles. The molecule has 1 fully saturated rings. The second kappa shape index (κ2) is 9.86. The van der Waals surface area contributed by atoms with Crippen LogP contribution in [-0.2, 0) is 21.0 Å². The molecule has 0 spiro atoms. The zero-order valence-corrected chi connectivity index (χ0v) is 19.9. The SMILES string of the molecule is O=C(CN(c1ccc(F)cc1)S(=O)(=O)c1cccs1)N1CCN(c2cccc(C(F)(F)F)c2)CC1. The number of benzene rings is 2. The van der Waals surface area contributed by atoms with Crippen LogP contribution < -0.4 is 9.21 Å². The van der Waals surface area contributed by atoms with Crippen LogP contribution in [-0.4, -0.2) is 51.9 Å². The van der Waals surface area contributed by atoms with E-state index in [1.807, 2.05) is 0 Å². The van der Waals surface area contributed by atoms with Crippen LogP contribution in [0.15, 0.2) is 70.3 Å². The van der Waals surface area contributed by atoms with Crippen molar-refractivity contribution in [1.29, 1.82) is 0 Å². The lowest BCUT2D eigenvalue weighted by Gasteiger charge is -2.37. The van der Waals surface area contributed by atoms with Gasteiger partial charge in [0.05, 0.1) is 11.3 Å². The van der Waals surface area contributed by atoms with Crippen molar-refractivity contribution in [2.45, 2.75) is 10.4 Å². The number of thiophene rings is 1. The number of piperazine rings is 1. The smallest absolute Gasteiger partial charge is 0.368 e. The van der Waals surface area contributed by atoms with Gasteiger partial charge in [0.1, 0.15) is 16.6 Å². The molecule has 6 nitrogen and oxygen atoms in total. The van der Waals surface area contributed by atoms with Crippen LogP contribution in [0.1, 0.15) is 5.56 Å². The summed E-state index contributed by atoms with van der Waals surface area (Å²) in [6.07, 6.45) is -4.45. The van der Waals surface area contributed by atoms with E-state index in [-0.39, 0.29) is 23.0 Å². The number of sulfonamides is 1. The Balaban J connectivity index is 1.48. The molecule has 0 bridgehead atoms. The van der Waals surface area contributed by atoms with Crippen LogP contribution >= 0.6 is 11.3 Å². The maximum absolute atomic E-state index is 13.4. The van der Waals surface area contributed by atoms with Crippen molar-refractivity contribution in [2.24, 2.45) is 0 Å². The third-order valence-electron chi connectivity index (χ3n) is 5.60. The molecule has 1 amide bonds. The highest BCUT2D eigenvalue weighted by Crippen LogP contribution is 2.32. The number of amides is 1. The average molecular weight is 528 g/mol. The van der Waals surface area contributed by atoms with Gasteiger partial charge < -0.3 is 9.80 Å².